The molecule has 1 N–H and O–H groups in total. The van der Waals surface area contributed by atoms with Crippen molar-refractivity contribution in [1.29, 1.82) is 0 Å². The molecule has 2 aromatic heterocycles. The first-order valence-corrected chi connectivity index (χ1v) is 9.67. The molecule has 3 heterocycles. The van der Waals surface area contributed by atoms with Crippen LogP contribution in [0.25, 0.3) is 11.4 Å². The number of carbonyl (C=O) groups is 2. The summed E-state index contributed by atoms with van der Waals surface area (Å²) in [5.74, 6) is 0.292. The summed E-state index contributed by atoms with van der Waals surface area (Å²) in [6, 6.07) is 13.4. The van der Waals surface area contributed by atoms with E-state index in [-0.39, 0.29) is 30.9 Å². The van der Waals surface area contributed by atoms with E-state index in [1.807, 2.05) is 36.5 Å². The minimum Gasteiger partial charge on any atom is -0.464 e. The van der Waals surface area contributed by atoms with E-state index in [0.717, 1.165) is 23.6 Å². The maximum Gasteiger partial charge on any atom is 0.309 e. The van der Waals surface area contributed by atoms with Crippen molar-refractivity contribution in [2.24, 2.45) is 5.92 Å². The van der Waals surface area contributed by atoms with Crippen LogP contribution in [-0.4, -0.2) is 39.6 Å². The molecule has 0 aliphatic carbocycles. The third-order valence-corrected chi connectivity index (χ3v) is 5.02. The van der Waals surface area contributed by atoms with E-state index in [9.17, 15) is 9.59 Å². The van der Waals surface area contributed by atoms with Gasteiger partial charge in [-0.1, -0.05) is 30.3 Å². The summed E-state index contributed by atoms with van der Waals surface area (Å²) in [7, 11) is 0. The van der Waals surface area contributed by atoms with Crippen molar-refractivity contribution in [2.75, 3.05) is 13.2 Å². The van der Waals surface area contributed by atoms with Crippen LogP contribution < -0.4 is 5.32 Å². The van der Waals surface area contributed by atoms with E-state index < -0.39 is 0 Å². The fourth-order valence-electron chi connectivity index (χ4n) is 3.51. The highest BCUT2D eigenvalue weighted by Gasteiger charge is 2.28. The van der Waals surface area contributed by atoms with Crippen LogP contribution in [0.4, 0.5) is 0 Å². The number of pyridine rings is 1. The topological polar surface area (TPSA) is 86.1 Å². The summed E-state index contributed by atoms with van der Waals surface area (Å²) >= 11 is 0. The van der Waals surface area contributed by atoms with Gasteiger partial charge in [0.05, 0.1) is 18.0 Å². The molecular formula is C22H22N4O3. The van der Waals surface area contributed by atoms with Crippen molar-refractivity contribution in [3.8, 4) is 11.4 Å². The molecule has 0 fully saturated rings. The summed E-state index contributed by atoms with van der Waals surface area (Å²) in [5.41, 5.74) is 2.60. The first kappa shape index (κ1) is 18.9. The Morgan fingerprint density at radius 1 is 1.14 bits per heavy atom. The largest absolute Gasteiger partial charge is 0.464 e. The van der Waals surface area contributed by atoms with Crippen LogP contribution in [0.15, 0.2) is 61.1 Å². The molecule has 0 spiro atoms. The Morgan fingerprint density at radius 2 is 2.00 bits per heavy atom. The zero-order valence-corrected chi connectivity index (χ0v) is 16.0. The van der Waals surface area contributed by atoms with Crippen LogP contribution in [0.3, 0.4) is 0 Å². The van der Waals surface area contributed by atoms with Crippen LogP contribution in [0.1, 0.15) is 22.5 Å². The molecule has 7 nitrogen and oxygen atoms in total. The van der Waals surface area contributed by atoms with Crippen LogP contribution in [0.5, 0.6) is 0 Å². The second kappa shape index (κ2) is 8.68. The third kappa shape index (κ3) is 4.34. The standard InChI is InChI=1S/C22H22N4O3/c27-21(18-7-4-9-23-14-18)24-10-12-29-22(28)17-8-11-26-19(13-17)15-25-20(26)16-5-2-1-3-6-16/h1-7,9,14-15,17H,8,10-13H2,(H,24,27). The number of nitrogens with zero attached hydrogens (tertiary/aromatic N) is 3. The number of benzene rings is 1. The summed E-state index contributed by atoms with van der Waals surface area (Å²) in [4.78, 5) is 32.8. The van der Waals surface area contributed by atoms with Crippen molar-refractivity contribution >= 4 is 11.9 Å². The van der Waals surface area contributed by atoms with E-state index in [4.69, 9.17) is 4.74 Å². The highest BCUT2D eigenvalue weighted by Crippen LogP contribution is 2.27. The average Bonchev–Trinajstić information content (AvgIpc) is 3.21. The lowest BCUT2D eigenvalue weighted by atomic mass is 9.96. The Bertz CT molecular complexity index is 986. The van der Waals surface area contributed by atoms with Gasteiger partial charge in [0.15, 0.2) is 0 Å². The van der Waals surface area contributed by atoms with Gasteiger partial charge in [0.25, 0.3) is 5.91 Å². The fourth-order valence-corrected chi connectivity index (χ4v) is 3.51. The van der Waals surface area contributed by atoms with Gasteiger partial charge in [0, 0.05) is 42.8 Å². The van der Waals surface area contributed by atoms with Gasteiger partial charge < -0.3 is 14.6 Å². The SMILES string of the molecule is O=C(NCCOC(=O)C1CCn2c(cnc2-c2ccccc2)C1)c1cccnc1. The van der Waals surface area contributed by atoms with E-state index in [1.54, 1.807) is 18.3 Å². The summed E-state index contributed by atoms with van der Waals surface area (Å²) in [6.07, 6.45) is 6.27. The molecule has 0 bridgehead atoms. The number of rotatable bonds is 6. The number of carbonyl (C=O) groups excluding carboxylic acids is 2. The monoisotopic (exact) mass is 390 g/mol. The minimum atomic E-state index is -0.232. The van der Waals surface area contributed by atoms with E-state index in [2.05, 4.69) is 19.9 Å². The predicted octanol–water partition coefficient (Wildman–Crippen LogP) is 2.48. The van der Waals surface area contributed by atoms with E-state index in [0.29, 0.717) is 18.4 Å². The van der Waals surface area contributed by atoms with Crippen LogP contribution in [0, 0.1) is 5.92 Å². The highest BCUT2D eigenvalue weighted by molar-refractivity contribution is 5.93. The van der Waals surface area contributed by atoms with Crippen molar-refractivity contribution < 1.29 is 14.3 Å². The Labute approximate surface area is 168 Å². The molecule has 1 aliphatic heterocycles. The molecule has 0 saturated heterocycles. The Hall–Kier alpha value is -3.48. The van der Waals surface area contributed by atoms with Gasteiger partial charge in [-0.2, -0.15) is 0 Å². The number of hydrogen-bond acceptors (Lipinski definition) is 5. The zero-order chi connectivity index (χ0) is 20.1. The second-order valence-corrected chi connectivity index (χ2v) is 6.95. The molecule has 1 aliphatic rings. The lowest BCUT2D eigenvalue weighted by Crippen LogP contribution is -2.31. The number of imidazole rings is 1. The van der Waals surface area contributed by atoms with Crippen molar-refractivity contribution in [3.05, 3.63) is 72.3 Å². The quantitative estimate of drug-likeness (QED) is 0.516. The molecule has 0 saturated carbocycles. The molecule has 148 valence electrons. The second-order valence-electron chi connectivity index (χ2n) is 6.95. The first-order chi connectivity index (χ1) is 14.2. The number of nitrogens with one attached hydrogen (secondary N) is 1. The lowest BCUT2D eigenvalue weighted by molar-refractivity contribution is -0.149. The Kier molecular flexibility index (Phi) is 5.65. The third-order valence-electron chi connectivity index (χ3n) is 5.02. The van der Waals surface area contributed by atoms with Crippen LogP contribution >= 0.6 is 0 Å². The number of esters is 1. The Morgan fingerprint density at radius 3 is 2.79 bits per heavy atom. The maximum absolute atomic E-state index is 12.4. The number of fused-ring (bicyclic) bond motifs is 1. The van der Waals surface area contributed by atoms with Crippen LogP contribution in [0.2, 0.25) is 0 Å². The molecule has 3 aromatic rings. The smallest absolute Gasteiger partial charge is 0.309 e. The summed E-state index contributed by atoms with van der Waals surface area (Å²) in [5, 5.41) is 2.72. The minimum absolute atomic E-state index is 0.149. The van der Waals surface area contributed by atoms with Gasteiger partial charge in [0.1, 0.15) is 12.4 Å². The van der Waals surface area contributed by atoms with Crippen molar-refractivity contribution in [2.45, 2.75) is 19.4 Å². The molecule has 1 amide bonds. The molecule has 1 aromatic carbocycles. The predicted molar refractivity (Wildman–Crippen MR) is 107 cm³/mol. The van der Waals surface area contributed by atoms with Gasteiger partial charge in [-0.15, -0.1) is 0 Å². The number of amides is 1. The van der Waals surface area contributed by atoms with Gasteiger partial charge in [0.2, 0.25) is 0 Å². The summed E-state index contributed by atoms with van der Waals surface area (Å²) in [6.45, 7) is 1.15. The van der Waals surface area contributed by atoms with E-state index in [1.165, 1.54) is 6.20 Å². The van der Waals surface area contributed by atoms with Gasteiger partial charge in [-0.25, -0.2) is 4.98 Å². The van der Waals surface area contributed by atoms with Crippen molar-refractivity contribution in [3.63, 3.8) is 0 Å². The number of hydrogen-bond donors (Lipinski definition) is 1. The maximum atomic E-state index is 12.4. The molecular weight excluding hydrogens is 368 g/mol. The van der Waals surface area contributed by atoms with E-state index >= 15 is 0 Å². The lowest BCUT2D eigenvalue weighted by Gasteiger charge is -2.23. The van der Waals surface area contributed by atoms with Crippen LogP contribution in [-0.2, 0) is 22.5 Å². The zero-order valence-electron chi connectivity index (χ0n) is 16.0. The van der Waals surface area contributed by atoms with Gasteiger partial charge in [-0.3, -0.25) is 14.6 Å². The van der Waals surface area contributed by atoms with Gasteiger partial charge in [-0.05, 0) is 18.6 Å². The normalized spacial score (nSPS) is 15.4. The Balaban J connectivity index is 1.27. The molecule has 1 atom stereocenters. The number of ether oxygens (including phenoxy) is 1. The molecule has 1 unspecified atom stereocenters. The van der Waals surface area contributed by atoms with Gasteiger partial charge >= 0.3 is 5.97 Å². The van der Waals surface area contributed by atoms with Crippen molar-refractivity contribution in [1.82, 2.24) is 19.9 Å². The molecule has 29 heavy (non-hydrogen) atoms. The first-order valence-electron chi connectivity index (χ1n) is 9.67. The molecule has 0 radical (unpaired) electrons. The molecule has 7 heteroatoms. The fraction of sp³-hybridized carbons (Fsp3) is 0.273. The molecule has 4 rings (SSSR count). The average molecular weight is 390 g/mol. The summed E-state index contributed by atoms with van der Waals surface area (Å²) < 4.78 is 7.55. The number of aromatic nitrogens is 3. The highest BCUT2D eigenvalue weighted by atomic mass is 16.5.